The number of aromatic nitrogens is 2. The molecule has 0 aliphatic carbocycles. The van der Waals surface area contributed by atoms with E-state index >= 15 is 0 Å². The highest BCUT2D eigenvalue weighted by molar-refractivity contribution is 9.10. The molecule has 0 bridgehead atoms. The van der Waals surface area contributed by atoms with E-state index in [1.54, 1.807) is 33.8 Å². The maximum Gasteiger partial charge on any atom is 0.297 e. The summed E-state index contributed by atoms with van der Waals surface area (Å²) >= 11 is 3.55. The standard InChI is InChI=1S/C27H25BrN4O5/c1-4-36-24-15-20(14-23(28)26(24)37-17-19-10-12-22(13-11-19)32(34)35)16-29-25-18(2)30(3)31(27(25)33)21-8-6-5-7-9-21/h5-16H,4,17H2,1-3H3. The van der Waals surface area contributed by atoms with Crippen LogP contribution in [0.2, 0.25) is 0 Å². The Morgan fingerprint density at radius 2 is 1.78 bits per heavy atom. The van der Waals surface area contributed by atoms with Crippen molar-refractivity contribution in [2.45, 2.75) is 20.5 Å². The molecular weight excluding hydrogens is 540 g/mol. The second kappa shape index (κ2) is 11.3. The highest BCUT2D eigenvalue weighted by atomic mass is 79.9. The Labute approximate surface area is 221 Å². The predicted molar refractivity (Wildman–Crippen MR) is 146 cm³/mol. The molecule has 10 heteroatoms. The van der Waals surface area contributed by atoms with Crippen LogP contribution in [0.3, 0.4) is 0 Å². The zero-order valence-electron chi connectivity index (χ0n) is 20.6. The van der Waals surface area contributed by atoms with E-state index in [1.165, 1.54) is 12.1 Å². The minimum atomic E-state index is -0.442. The van der Waals surface area contributed by atoms with Gasteiger partial charge < -0.3 is 9.47 Å². The van der Waals surface area contributed by atoms with Crippen LogP contribution in [0.15, 0.2) is 81.0 Å². The number of halogens is 1. The molecule has 0 N–H and O–H groups in total. The van der Waals surface area contributed by atoms with Gasteiger partial charge in [-0.2, -0.15) is 0 Å². The third kappa shape index (κ3) is 5.64. The van der Waals surface area contributed by atoms with Crippen molar-refractivity contribution in [3.8, 4) is 17.2 Å². The molecule has 0 saturated heterocycles. The first-order valence-corrected chi connectivity index (χ1v) is 12.3. The Kier molecular flexibility index (Phi) is 7.88. The van der Waals surface area contributed by atoms with Crippen molar-refractivity contribution in [1.82, 2.24) is 9.36 Å². The van der Waals surface area contributed by atoms with Crippen molar-refractivity contribution in [1.29, 1.82) is 0 Å². The number of non-ortho nitro benzene ring substituents is 1. The summed E-state index contributed by atoms with van der Waals surface area (Å²) in [5.41, 5.74) is 3.14. The molecule has 4 aromatic rings. The zero-order valence-corrected chi connectivity index (χ0v) is 22.1. The number of rotatable bonds is 9. The molecule has 1 heterocycles. The highest BCUT2D eigenvalue weighted by Crippen LogP contribution is 2.37. The van der Waals surface area contributed by atoms with Crippen LogP contribution in [0.25, 0.3) is 5.69 Å². The summed E-state index contributed by atoms with van der Waals surface area (Å²) < 4.78 is 15.8. The first kappa shape index (κ1) is 25.9. The summed E-state index contributed by atoms with van der Waals surface area (Å²) in [7, 11) is 1.82. The lowest BCUT2D eigenvalue weighted by molar-refractivity contribution is -0.384. The molecule has 0 atom stereocenters. The van der Waals surface area contributed by atoms with Gasteiger partial charge >= 0.3 is 0 Å². The molecule has 9 nitrogen and oxygen atoms in total. The second-order valence-electron chi connectivity index (χ2n) is 8.14. The molecule has 0 spiro atoms. The first-order valence-electron chi connectivity index (χ1n) is 11.5. The lowest BCUT2D eigenvalue weighted by Crippen LogP contribution is -2.19. The number of hydrogen-bond donors (Lipinski definition) is 0. The average molecular weight is 565 g/mol. The van der Waals surface area contributed by atoms with Gasteiger partial charge in [0, 0.05) is 25.4 Å². The fraction of sp³-hybridized carbons (Fsp3) is 0.185. The minimum Gasteiger partial charge on any atom is -0.490 e. The van der Waals surface area contributed by atoms with Gasteiger partial charge in [-0.25, -0.2) is 9.67 Å². The van der Waals surface area contributed by atoms with Crippen molar-refractivity contribution in [2.24, 2.45) is 12.0 Å². The molecule has 3 aromatic carbocycles. The van der Waals surface area contributed by atoms with Crippen LogP contribution in [0.5, 0.6) is 11.5 Å². The summed E-state index contributed by atoms with van der Waals surface area (Å²) in [6.45, 7) is 4.34. The van der Waals surface area contributed by atoms with Gasteiger partial charge in [0.25, 0.3) is 11.2 Å². The van der Waals surface area contributed by atoms with E-state index in [0.29, 0.717) is 33.8 Å². The van der Waals surface area contributed by atoms with Gasteiger partial charge in [-0.1, -0.05) is 18.2 Å². The Hall–Kier alpha value is -4.18. The Morgan fingerprint density at radius 3 is 2.43 bits per heavy atom. The second-order valence-corrected chi connectivity index (χ2v) is 9.00. The minimum absolute atomic E-state index is 0.0211. The van der Waals surface area contributed by atoms with Crippen molar-refractivity contribution in [2.75, 3.05) is 6.61 Å². The molecule has 1 aromatic heterocycles. The number of nitro groups is 1. The molecule has 37 heavy (non-hydrogen) atoms. The fourth-order valence-electron chi connectivity index (χ4n) is 3.78. The van der Waals surface area contributed by atoms with E-state index in [0.717, 1.165) is 16.9 Å². The fourth-order valence-corrected chi connectivity index (χ4v) is 4.35. The number of para-hydroxylation sites is 1. The summed E-state index contributed by atoms with van der Waals surface area (Å²) in [6.07, 6.45) is 1.62. The third-order valence-electron chi connectivity index (χ3n) is 5.73. The maximum atomic E-state index is 13.1. The van der Waals surface area contributed by atoms with Gasteiger partial charge in [-0.05, 0) is 77.3 Å². The van der Waals surface area contributed by atoms with E-state index < -0.39 is 4.92 Å². The number of hydrogen-bond acceptors (Lipinski definition) is 6. The van der Waals surface area contributed by atoms with Crippen molar-refractivity contribution >= 4 is 33.5 Å². The Bertz CT molecular complexity index is 1510. The van der Waals surface area contributed by atoms with E-state index in [4.69, 9.17) is 9.47 Å². The molecule has 0 saturated carbocycles. The Balaban J connectivity index is 1.60. The number of nitrogens with zero attached hydrogens (tertiary/aromatic N) is 4. The summed E-state index contributed by atoms with van der Waals surface area (Å²) in [5, 5.41) is 10.9. The van der Waals surface area contributed by atoms with Gasteiger partial charge in [0.2, 0.25) is 0 Å². The van der Waals surface area contributed by atoms with Crippen molar-refractivity contribution in [3.05, 3.63) is 108 Å². The highest BCUT2D eigenvalue weighted by Gasteiger charge is 2.16. The van der Waals surface area contributed by atoms with Crippen LogP contribution < -0.4 is 15.0 Å². The molecule has 0 aliphatic rings. The SMILES string of the molecule is CCOc1cc(C=Nc2c(C)n(C)n(-c3ccccc3)c2=O)cc(Br)c1OCc1ccc([N+](=O)[O-])cc1. The topological polar surface area (TPSA) is 101 Å². The predicted octanol–water partition coefficient (Wildman–Crippen LogP) is 5.88. The lowest BCUT2D eigenvalue weighted by atomic mass is 10.2. The Morgan fingerprint density at radius 1 is 1.08 bits per heavy atom. The largest absolute Gasteiger partial charge is 0.490 e. The number of ether oxygens (including phenoxy) is 2. The van der Waals surface area contributed by atoms with Crippen LogP contribution >= 0.6 is 15.9 Å². The van der Waals surface area contributed by atoms with Gasteiger partial charge in [0.05, 0.1) is 27.4 Å². The van der Waals surface area contributed by atoms with Crippen LogP contribution in [-0.2, 0) is 13.7 Å². The van der Waals surface area contributed by atoms with Crippen LogP contribution in [0.4, 0.5) is 11.4 Å². The monoisotopic (exact) mass is 564 g/mol. The molecule has 190 valence electrons. The van der Waals surface area contributed by atoms with E-state index in [2.05, 4.69) is 20.9 Å². The zero-order chi connectivity index (χ0) is 26.5. The smallest absolute Gasteiger partial charge is 0.297 e. The molecule has 0 aliphatic heterocycles. The first-order chi connectivity index (χ1) is 17.8. The third-order valence-corrected chi connectivity index (χ3v) is 6.32. The van der Waals surface area contributed by atoms with Gasteiger partial charge in [0.15, 0.2) is 17.2 Å². The molecule has 4 rings (SSSR count). The van der Waals surface area contributed by atoms with Crippen LogP contribution in [0.1, 0.15) is 23.7 Å². The maximum absolute atomic E-state index is 13.1. The average Bonchev–Trinajstić information content (AvgIpc) is 3.10. The molecule has 0 fully saturated rings. The summed E-state index contributed by atoms with van der Waals surface area (Å²) in [6, 6.07) is 19.2. The molecule has 0 amide bonds. The molecule has 0 unspecified atom stereocenters. The number of aliphatic imine (C=N–C) groups is 1. The number of nitro benzene ring substituents is 1. The normalized spacial score (nSPS) is 11.1. The quantitative estimate of drug-likeness (QED) is 0.143. The van der Waals surface area contributed by atoms with Crippen molar-refractivity contribution < 1.29 is 14.4 Å². The van der Waals surface area contributed by atoms with Crippen molar-refractivity contribution in [3.63, 3.8) is 0 Å². The lowest BCUT2D eigenvalue weighted by Gasteiger charge is -2.14. The van der Waals surface area contributed by atoms with E-state index in [-0.39, 0.29) is 17.9 Å². The molecule has 0 radical (unpaired) electrons. The molecular formula is C27H25BrN4O5. The van der Waals surface area contributed by atoms with E-state index in [1.807, 2.05) is 57.3 Å². The van der Waals surface area contributed by atoms with E-state index in [9.17, 15) is 14.9 Å². The van der Waals surface area contributed by atoms with Gasteiger partial charge in [-0.15, -0.1) is 0 Å². The summed E-state index contributed by atoms with van der Waals surface area (Å²) in [4.78, 5) is 28.1. The van der Waals surface area contributed by atoms with Crippen LogP contribution in [0, 0.1) is 17.0 Å². The van der Waals surface area contributed by atoms with Crippen LogP contribution in [-0.4, -0.2) is 27.1 Å². The van der Waals surface area contributed by atoms with Gasteiger partial charge in [0.1, 0.15) is 6.61 Å². The summed E-state index contributed by atoms with van der Waals surface area (Å²) in [5.74, 6) is 1.01. The van der Waals surface area contributed by atoms with Gasteiger partial charge in [-0.3, -0.25) is 19.6 Å². The number of benzene rings is 3.